The van der Waals surface area contributed by atoms with Gasteiger partial charge in [-0.15, -0.1) is 0 Å². The number of carbonyl (C=O) groups excluding carboxylic acids is 1. The maximum atomic E-state index is 13.0. The second-order valence-corrected chi connectivity index (χ2v) is 18.9. The Labute approximate surface area is 226 Å². The minimum absolute atomic E-state index is 0.142. The van der Waals surface area contributed by atoms with Crippen molar-refractivity contribution in [1.82, 2.24) is 0 Å². The van der Waals surface area contributed by atoms with E-state index >= 15 is 0 Å². The van der Waals surface area contributed by atoms with Gasteiger partial charge < -0.3 is 28.5 Å². The highest BCUT2D eigenvalue weighted by atomic mass is 28.4. The third kappa shape index (κ3) is 6.80. The van der Waals surface area contributed by atoms with Crippen LogP contribution in [-0.4, -0.2) is 64.0 Å². The predicted octanol–water partition coefficient (Wildman–Crippen LogP) is 5.75. The number of aliphatic hydroxyl groups excluding tert-OH is 1. The van der Waals surface area contributed by atoms with Crippen LogP contribution in [-0.2, 0) is 28.2 Å². The molecule has 9 unspecified atom stereocenters. The Bertz CT molecular complexity index is 777. The van der Waals surface area contributed by atoms with Crippen molar-refractivity contribution in [2.75, 3.05) is 20.5 Å². The van der Waals surface area contributed by atoms with E-state index in [1.54, 1.807) is 14.0 Å². The van der Waals surface area contributed by atoms with Crippen molar-refractivity contribution in [1.29, 1.82) is 0 Å². The molecule has 1 aliphatic heterocycles. The second kappa shape index (κ2) is 11.5. The number of rotatable bonds is 11. The average molecular weight is 543 g/mol. The summed E-state index contributed by atoms with van der Waals surface area (Å²) in [5, 5.41) is 11.6. The SMILES string of the molecule is COCOCC(CC(C)C1CCC2C(O[Si](C)(C)C)CCCC12C)C(O)C1(C)OC(C(C)(C)C)OC1=O. The van der Waals surface area contributed by atoms with Crippen LogP contribution in [0.1, 0.15) is 80.1 Å². The minimum atomic E-state index is -1.61. The van der Waals surface area contributed by atoms with Gasteiger partial charge in [-0.1, -0.05) is 41.0 Å². The summed E-state index contributed by atoms with van der Waals surface area (Å²) < 4.78 is 29.3. The highest BCUT2D eigenvalue weighted by Gasteiger charge is 2.58. The molecule has 7 nitrogen and oxygen atoms in total. The Morgan fingerprint density at radius 1 is 1.16 bits per heavy atom. The maximum absolute atomic E-state index is 13.0. The van der Waals surface area contributed by atoms with E-state index < -0.39 is 32.3 Å². The Balaban J connectivity index is 1.77. The van der Waals surface area contributed by atoms with Crippen LogP contribution in [0.3, 0.4) is 0 Å². The summed E-state index contributed by atoms with van der Waals surface area (Å²) in [6.07, 6.45) is 5.35. The van der Waals surface area contributed by atoms with Crippen molar-refractivity contribution in [3.8, 4) is 0 Å². The smallest absolute Gasteiger partial charge is 0.343 e. The standard InChI is InChI=1S/C29H54O7Si/c1-19(21-13-14-22-23(36-37(8,9)10)12-11-15-28(21,22)5)16-20(17-33-18-32-7)24(30)29(6)25(31)34-26(35-29)27(2,3)4/h19-24,26,30H,11-18H2,1-10H3. The van der Waals surface area contributed by atoms with Crippen molar-refractivity contribution in [2.45, 2.75) is 124 Å². The molecule has 0 aromatic heterocycles. The molecule has 3 rings (SSSR count). The monoisotopic (exact) mass is 542 g/mol. The zero-order valence-corrected chi connectivity index (χ0v) is 26.1. The molecule has 0 spiro atoms. The fraction of sp³-hybridized carbons (Fsp3) is 0.966. The first kappa shape index (κ1) is 31.0. The first-order valence-electron chi connectivity index (χ1n) is 14.3. The summed E-state index contributed by atoms with van der Waals surface area (Å²) in [5.41, 5.74) is -1.58. The fourth-order valence-corrected chi connectivity index (χ4v) is 8.60. The molecule has 1 N–H and O–H groups in total. The molecule has 37 heavy (non-hydrogen) atoms. The average Bonchev–Trinajstić information content (AvgIpc) is 3.29. The number of hydrogen-bond acceptors (Lipinski definition) is 7. The lowest BCUT2D eigenvalue weighted by atomic mass is 9.61. The molecule has 0 aromatic carbocycles. The van der Waals surface area contributed by atoms with Crippen LogP contribution in [0.5, 0.6) is 0 Å². The number of carbonyl (C=O) groups is 1. The molecular weight excluding hydrogens is 488 g/mol. The highest BCUT2D eigenvalue weighted by Crippen LogP contribution is 2.59. The molecule has 216 valence electrons. The van der Waals surface area contributed by atoms with E-state index in [0.717, 1.165) is 6.42 Å². The van der Waals surface area contributed by atoms with E-state index in [4.69, 9.17) is 23.4 Å². The van der Waals surface area contributed by atoms with Crippen LogP contribution in [0.2, 0.25) is 19.6 Å². The quantitative estimate of drug-likeness (QED) is 0.154. The van der Waals surface area contributed by atoms with Crippen LogP contribution in [0.15, 0.2) is 0 Å². The topological polar surface area (TPSA) is 83.5 Å². The lowest BCUT2D eigenvalue weighted by Gasteiger charge is -2.48. The van der Waals surface area contributed by atoms with Crippen molar-refractivity contribution < 1.29 is 33.3 Å². The van der Waals surface area contributed by atoms with Crippen molar-refractivity contribution in [2.24, 2.45) is 34.5 Å². The predicted molar refractivity (Wildman–Crippen MR) is 146 cm³/mol. The molecule has 1 saturated heterocycles. The van der Waals surface area contributed by atoms with E-state index in [1.165, 1.54) is 32.1 Å². The largest absolute Gasteiger partial charge is 0.433 e. The Morgan fingerprint density at radius 3 is 2.41 bits per heavy atom. The molecule has 0 radical (unpaired) electrons. The maximum Gasteiger partial charge on any atom is 0.343 e. The number of methoxy groups -OCH3 is 1. The second-order valence-electron chi connectivity index (χ2n) is 14.5. The molecule has 8 heteroatoms. The first-order valence-corrected chi connectivity index (χ1v) is 17.7. The lowest BCUT2D eigenvalue weighted by molar-refractivity contribution is -0.180. The molecule has 1 heterocycles. The van der Waals surface area contributed by atoms with Gasteiger partial charge in [-0.05, 0) is 81.8 Å². The molecular formula is C29H54O7Si. The van der Waals surface area contributed by atoms with E-state index in [2.05, 4.69) is 33.5 Å². The lowest BCUT2D eigenvalue weighted by Crippen LogP contribution is -2.51. The Hall–Kier alpha value is -0.513. The fourth-order valence-electron chi connectivity index (χ4n) is 7.41. The third-order valence-electron chi connectivity index (χ3n) is 9.22. The molecule has 0 amide bonds. The summed E-state index contributed by atoms with van der Waals surface area (Å²) in [6.45, 7) is 19.6. The minimum Gasteiger partial charge on any atom is -0.433 e. The van der Waals surface area contributed by atoms with E-state index in [0.29, 0.717) is 30.5 Å². The molecule has 3 aliphatic rings. The number of fused-ring (bicyclic) bond motifs is 1. The van der Waals surface area contributed by atoms with Gasteiger partial charge in [-0.2, -0.15) is 0 Å². The summed E-state index contributed by atoms with van der Waals surface area (Å²) in [4.78, 5) is 13.0. The molecule has 3 fully saturated rings. The number of esters is 1. The van der Waals surface area contributed by atoms with Crippen LogP contribution in [0, 0.1) is 34.5 Å². The van der Waals surface area contributed by atoms with Crippen LogP contribution in [0.25, 0.3) is 0 Å². The summed E-state index contributed by atoms with van der Waals surface area (Å²) >= 11 is 0. The van der Waals surface area contributed by atoms with Gasteiger partial charge in [0.15, 0.2) is 13.9 Å². The van der Waals surface area contributed by atoms with Gasteiger partial charge in [0.25, 0.3) is 0 Å². The first-order chi connectivity index (χ1) is 17.0. The molecule has 2 aliphatic carbocycles. The number of cyclic esters (lactones) is 1. The van der Waals surface area contributed by atoms with Gasteiger partial charge in [-0.3, -0.25) is 0 Å². The van der Waals surface area contributed by atoms with Gasteiger partial charge in [0.05, 0.1) is 12.7 Å². The zero-order valence-electron chi connectivity index (χ0n) is 25.1. The summed E-state index contributed by atoms with van der Waals surface area (Å²) in [5.74, 6) is 0.685. The van der Waals surface area contributed by atoms with Crippen molar-refractivity contribution >= 4 is 14.3 Å². The number of aliphatic hydroxyl groups is 1. The summed E-state index contributed by atoms with van der Waals surface area (Å²) in [6, 6.07) is 0. The Kier molecular flexibility index (Phi) is 9.67. The van der Waals surface area contributed by atoms with Crippen LogP contribution in [0.4, 0.5) is 0 Å². The molecule has 2 saturated carbocycles. The van der Waals surface area contributed by atoms with Gasteiger partial charge in [-0.25, -0.2) is 4.79 Å². The van der Waals surface area contributed by atoms with Gasteiger partial charge in [0.2, 0.25) is 6.29 Å². The van der Waals surface area contributed by atoms with Crippen LogP contribution < -0.4 is 0 Å². The molecule has 0 bridgehead atoms. The van der Waals surface area contributed by atoms with E-state index in [1.807, 2.05) is 20.8 Å². The Morgan fingerprint density at radius 2 is 1.84 bits per heavy atom. The molecule has 0 aromatic rings. The van der Waals surface area contributed by atoms with Gasteiger partial charge in [0, 0.05) is 24.5 Å². The normalized spacial score (nSPS) is 37.2. The van der Waals surface area contributed by atoms with Crippen molar-refractivity contribution in [3.63, 3.8) is 0 Å². The number of hydrogen-bond donors (Lipinski definition) is 1. The van der Waals surface area contributed by atoms with E-state index in [-0.39, 0.29) is 23.5 Å². The van der Waals surface area contributed by atoms with Gasteiger partial charge >= 0.3 is 5.97 Å². The molecule has 9 atom stereocenters. The van der Waals surface area contributed by atoms with E-state index in [9.17, 15) is 9.90 Å². The van der Waals surface area contributed by atoms with Gasteiger partial charge in [0.1, 0.15) is 6.79 Å². The van der Waals surface area contributed by atoms with Crippen molar-refractivity contribution in [3.05, 3.63) is 0 Å². The summed E-state index contributed by atoms with van der Waals surface area (Å²) in [7, 11) is -0.0293. The van der Waals surface area contributed by atoms with Crippen LogP contribution >= 0.6 is 0 Å². The highest BCUT2D eigenvalue weighted by molar-refractivity contribution is 6.69. The number of ether oxygens (including phenoxy) is 4. The third-order valence-corrected chi connectivity index (χ3v) is 10.2. The zero-order chi connectivity index (χ0) is 27.8.